The molecule has 2 aromatic rings. The normalized spacial score (nSPS) is 27.1. The molecule has 0 spiro atoms. The number of fused-ring (bicyclic) bond motifs is 3. The first kappa shape index (κ1) is 16.1. The minimum atomic E-state index is -3.35. The maximum atomic E-state index is 12.9. The molecule has 0 aliphatic carbocycles. The van der Waals surface area contributed by atoms with Crippen molar-refractivity contribution >= 4 is 32.9 Å². The van der Waals surface area contributed by atoms with Crippen LogP contribution in [0.1, 0.15) is 18.4 Å². The number of aromatic nitrogens is 2. The number of imidazole rings is 1. The molecule has 1 aromatic carbocycles. The van der Waals surface area contributed by atoms with Gasteiger partial charge in [0.05, 0.1) is 33.8 Å². The first-order chi connectivity index (χ1) is 11.8. The number of nitrogens with zero attached hydrogens (tertiary/aromatic N) is 4. The fourth-order valence-electron chi connectivity index (χ4n) is 3.74. The van der Waals surface area contributed by atoms with Gasteiger partial charge in [-0.05, 0) is 31.0 Å². The van der Waals surface area contributed by atoms with Gasteiger partial charge in [-0.1, -0.05) is 0 Å². The summed E-state index contributed by atoms with van der Waals surface area (Å²) in [5, 5.41) is 11.8. The molecule has 4 rings (SSSR count). The first-order valence-electron chi connectivity index (χ1n) is 8.01. The molecule has 1 aromatic heterocycles. The van der Waals surface area contributed by atoms with E-state index in [1.54, 1.807) is 29.8 Å². The number of carbonyl (C=O) groups excluding carboxylic acids is 1. The van der Waals surface area contributed by atoms with Crippen LogP contribution in [-0.4, -0.2) is 47.0 Å². The van der Waals surface area contributed by atoms with Gasteiger partial charge in [-0.15, -0.1) is 0 Å². The number of hydrogen-bond donors (Lipinski definition) is 1. The highest BCUT2D eigenvalue weighted by atomic mass is 32.2. The number of piperidine rings is 1. The third-order valence-corrected chi connectivity index (χ3v) is 7.13. The second-order valence-corrected chi connectivity index (χ2v) is 8.71. The summed E-state index contributed by atoms with van der Waals surface area (Å²) in [6.07, 6.45) is 1.23. The zero-order valence-corrected chi connectivity index (χ0v) is 14.5. The predicted octanol–water partition coefficient (Wildman–Crippen LogP) is 0.809. The number of aryl methyl sites for hydroxylation is 1. The lowest BCUT2D eigenvalue weighted by Crippen LogP contribution is -2.44. The Morgan fingerprint density at radius 2 is 2.24 bits per heavy atom. The monoisotopic (exact) mass is 359 g/mol. The fraction of sp³-hybridized carbons (Fsp3) is 0.438. The van der Waals surface area contributed by atoms with Crippen LogP contribution in [0.3, 0.4) is 0 Å². The van der Waals surface area contributed by atoms with Crippen molar-refractivity contribution < 1.29 is 13.2 Å². The topological polar surface area (TPSA) is 108 Å². The highest BCUT2D eigenvalue weighted by molar-refractivity contribution is 7.89. The summed E-state index contributed by atoms with van der Waals surface area (Å²) >= 11 is 0. The molecule has 1 N–H and O–H groups in total. The predicted molar refractivity (Wildman–Crippen MR) is 91.1 cm³/mol. The number of amides is 1. The molecular weight excluding hydrogens is 342 g/mol. The molecule has 2 fully saturated rings. The van der Waals surface area contributed by atoms with Gasteiger partial charge in [0.25, 0.3) is 0 Å². The molecule has 2 unspecified atom stereocenters. The van der Waals surface area contributed by atoms with Crippen molar-refractivity contribution in [3.63, 3.8) is 0 Å². The van der Waals surface area contributed by atoms with E-state index < -0.39 is 15.4 Å². The number of sulfonamides is 1. The summed E-state index contributed by atoms with van der Waals surface area (Å²) in [5.41, 5.74) is 0.999. The number of anilines is 1. The fourth-order valence-corrected chi connectivity index (χ4v) is 5.84. The average molecular weight is 359 g/mol. The zero-order valence-electron chi connectivity index (χ0n) is 13.7. The highest BCUT2D eigenvalue weighted by Crippen LogP contribution is 2.40. The van der Waals surface area contributed by atoms with Crippen LogP contribution in [0.15, 0.2) is 18.2 Å². The minimum absolute atomic E-state index is 0.144. The lowest BCUT2D eigenvalue weighted by atomic mass is 9.82. The van der Waals surface area contributed by atoms with Crippen molar-refractivity contribution in [1.29, 1.82) is 5.26 Å². The van der Waals surface area contributed by atoms with E-state index in [2.05, 4.69) is 16.4 Å². The van der Waals surface area contributed by atoms with Gasteiger partial charge in [0.15, 0.2) is 0 Å². The number of rotatable bonds is 2. The van der Waals surface area contributed by atoms with Crippen molar-refractivity contribution in [2.24, 2.45) is 12.5 Å². The number of carbonyl (C=O) groups is 1. The second kappa shape index (κ2) is 5.28. The van der Waals surface area contributed by atoms with E-state index in [1.165, 1.54) is 4.31 Å². The number of nitriles is 1. The van der Waals surface area contributed by atoms with E-state index in [0.29, 0.717) is 36.4 Å². The van der Waals surface area contributed by atoms with Gasteiger partial charge in [-0.2, -0.15) is 5.26 Å². The Balaban J connectivity index is 1.67. The van der Waals surface area contributed by atoms with E-state index >= 15 is 0 Å². The van der Waals surface area contributed by atoms with Crippen LogP contribution in [0, 0.1) is 16.7 Å². The van der Waals surface area contributed by atoms with E-state index in [4.69, 9.17) is 5.26 Å². The molecule has 0 radical (unpaired) electrons. The van der Waals surface area contributed by atoms with E-state index in [0.717, 1.165) is 5.52 Å². The second-order valence-electron chi connectivity index (χ2n) is 6.74. The summed E-state index contributed by atoms with van der Waals surface area (Å²) in [6.45, 7) is 0.726. The molecule has 2 bridgehead atoms. The molecule has 8 nitrogen and oxygen atoms in total. The summed E-state index contributed by atoms with van der Waals surface area (Å²) in [4.78, 5) is 17.3. The Bertz CT molecular complexity index is 1040. The van der Waals surface area contributed by atoms with Gasteiger partial charge < -0.3 is 4.57 Å². The molecule has 2 atom stereocenters. The van der Waals surface area contributed by atoms with Gasteiger partial charge in [0.1, 0.15) is 0 Å². The Hall–Kier alpha value is -2.44. The van der Waals surface area contributed by atoms with Gasteiger partial charge in [-0.25, -0.2) is 17.7 Å². The molecule has 9 heteroatoms. The smallest absolute Gasteiger partial charge is 0.235 e. The largest absolute Gasteiger partial charge is 0.313 e. The average Bonchev–Trinajstić information content (AvgIpc) is 2.99. The number of benzene rings is 1. The Labute approximate surface area is 145 Å². The van der Waals surface area contributed by atoms with Crippen LogP contribution in [-0.2, 0) is 21.9 Å². The third kappa shape index (κ3) is 2.41. The van der Waals surface area contributed by atoms with Crippen LogP contribution in [0.25, 0.3) is 11.0 Å². The van der Waals surface area contributed by atoms with Crippen molar-refractivity contribution in [1.82, 2.24) is 13.9 Å². The summed E-state index contributed by atoms with van der Waals surface area (Å²) in [7, 11) is -1.60. The SMILES string of the molecule is Cn1c(NC(=O)C23CCCN(C2)S(=O)(=O)C3)nc2ccc(C#N)cc21. The summed E-state index contributed by atoms with van der Waals surface area (Å²) < 4.78 is 27.5. The molecule has 0 saturated carbocycles. The van der Waals surface area contributed by atoms with Gasteiger partial charge in [0, 0.05) is 20.1 Å². The molecule has 2 aliphatic rings. The maximum absolute atomic E-state index is 12.9. The van der Waals surface area contributed by atoms with E-state index in [-0.39, 0.29) is 18.2 Å². The van der Waals surface area contributed by atoms with Crippen LogP contribution < -0.4 is 5.32 Å². The molecule has 2 aliphatic heterocycles. The Morgan fingerprint density at radius 1 is 1.44 bits per heavy atom. The lowest BCUT2D eigenvalue weighted by Gasteiger charge is -2.30. The quantitative estimate of drug-likeness (QED) is 0.853. The van der Waals surface area contributed by atoms with Crippen LogP contribution in [0.5, 0.6) is 0 Å². The molecular formula is C16H17N5O3S. The van der Waals surface area contributed by atoms with Gasteiger partial charge >= 0.3 is 0 Å². The molecule has 2 saturated heterocycles. The molecule has 130 valence electrons. The van der Waals surface area contributed by atoms with Crippen LogP contribution in [0.2, 0.25) is 0 Å². The summed E-state index contributed by atoms with van der Waals surface area (Å²) in [6, 6.07) is 7.18. The Kier molecular flexibility index (Phi) is 3.39. The van der Waals surface area contributed by atoms with Crippen molar-refractivity contribution in [3.8, 4) is 6.07 Å². The van der Waals surface area contributed by atoms with Crippen molar-refractivity contribution in [3.05, 3.63) is 23.8 Å². The Morgan fingerprint density at radius 3 is 3.00 bits per heavy atom. The van der Waals surface area contributed by atoms with Gasteiger partial charge in [0.2, 0.25) is 21.9 Å². The first-order valence-corrected chi connectivity index (χ1v) is 9.61. The summed E-state index contributed by atoms with van der Waals surface area (Å²) in [5.74, 6) is -0.1000. The minimum Gasteiger partial charge on any atom is -0.313 e. The molecule has 3 heterocycles. The standard InChI is InChI=1S/C16H17N5O3S/c1-20-13-7-11(8-17)3-4-12(13)18-15(20)19-14(22)16-5-2-6-21(9-16)25(23,24)10-16/h3-4,7H,2,5-6,9-10H2,1H3,(H,18,19,22). The van der Waals surface area contributed by atoms with Crippen molar-refractivity contribution in [2.45, 2.75) is 12.8 Å². The lowest BCUT2D eigenvalue weighted by molar-refractivity contribution is -0.125. The number of hydrogen-bond acceptors (Lipinski definition) is 5. The number of nitrogens with one attached hydrogen (secondary N) is 1. The maximum Gasteiger partial charge on any atom is 0.235 e. The van der Waals surface area contributed by atoms with Crippen LogP contribution in [0.4, 0.5) is 5.95 Å². The molecule has 1 amide bonds. The highest BCUT2D eigenvalue weighted by Gasteiger charge is 2.54. The zero-order chi connectivity index (χ0) is 17.8. The van der Waals surface area contributed by atoms with Crippen LogP contribution >= 0.6 is 0 Å². The van der Waals surface area contributed by atoms with Crippen molar-refractivity contribution in [2.75, 3.05) is 24.2 Å². The third-order valence-electron chi connectivity index (χ3n) is 5.11. The molecule has 25 heavy (non-hydrogen) atoms. The van der Waals surface area contributed by atoms with E-state index in [1.807, 2.05) is 0 Å². The van der Waals surface area contributed by atoms with E-state index in [9.17, 15) is 13.2 Å². The van der Waals surface area contributed by atoms with Gasteiger partial charge in [-0.3, -0.25) is 10.1 Å².